The second kappa shape index (κ2) is 6.92. The van der Waals surface area contributed by atoms with Gasteiger partial charge in [-0.1, -0.05) is 11.8 Å². The summed E-state index contributed by atoms with van der Waals surface area (Å²) in [5.74, 6) is 0.317. The first kappa shape index (κ1) is 16.3. The third-order valence-electron chi connectivity index (χ3n) is 3.57. The van der Waals surface area contributed by atoms with Crippen molar-refractivity contribution in [3.8, 4) is 5.69 Å². The Kier molecular flexibility index (Phi) is 4.71. The van der Waals surface area contributed by atoms with Crippen LogP contribution in [0.2, 0.25) is 0 Å². The predicted molar refractivity (Wildman–Crippen MR) is 89.9 cm³/mol. The third-order valence-corrected chi connectivity index (χ3v) is 4.19. The van der Waals surface area contributed by atoms with Gasteiger partial charge in [-0.2, -0.15) is 0 Å². The molecule has 0 fully saturated rings. The summed E-state index contributed by atoms with van der Waals surface area (Å²) in [6, 6.07) is 7.82. The number of carbonyl (C=O) groups excluding carboxylic acids is 1. The lowest BCUT2D eigenvalue weighted by molar-refractivity contribution is 0.0918. The highest BCUT2D eigenvalue weighted by molar-refractivity contribution is 7.98. The van der Waals surface area contributed by atoms with Crippen molar-refractivity contribution in [2.24, 2.45) is 0 Å². The number of furan rings is 1. The molecule has 0 spiro atoms. The molecule has 2 aromatic heterocycles. The van der Waals surface area contributed by atoms with Crippen LogP contribution in [0.3, 0.4) is 0 Å². The number of hydrogen-bond acceptors (Lipinski definition) is 4. The van der Waals surface area contributed by atoms with Gasteiger partial charge in [0.15, 0.2) is 10.9 Å². The summed E-state index contributed by atoms with van der Waals surface area (Å²) in [4.78, 5) is 16.3. The number of amides is 1. The highest BCUT2D eigenvalue weighted by Gasteiger charge is 2.13. The first-order valence-corrected chi connectivity index (χ1v) is 8.51. The quantitative estimate of drug-likeness (QED) is 0.718. The van der Waals surface area contributed by atoms with E-state index in [1.54, 1.807) is 30.6 Å². The molecule has 0 aliphatic rings. The Labute approximate surface area is 142 Å². The van der Waals surface area contributed by atoms with E-state index in [4.69, 9.17) is 4.42 Å². The molecular formula is C17H16FN3O2S. The number of nitrogens with one attached hydrogen (secondary N) is 1. The molecule has 0 saturated carbocycles. The SMILES string of the molecule is CSc1ccc(C(=O)NCc2cc(F)ccc2-n2ccnc2C)o1. The van der Waals surface area contributed by atoms with Crippen LogP contribution in [-0.2, 0) is 6.54 Å². The Balaban J connectivity index is 1.81. The van der Waals surface area contributed by atoms with Crippen LogP contribution in [0.4, 0.5) is 4.39 Å². The van der Waals surface area contributed by atoms with Gasteiger partial charge in [-0.05, 0) is 49.1 Å². The van der Waals surface area contributed by atoms with E-state index >= 15 is 0 Å². The summed E-state index contributed by atoms with van der Waals surface area (Å²) in [5.41, 5.74) is 1.43. The third kappa shape index (κ3) is 3.35. The molecule has 0 bridgehead atoms. The van der Waals surface area contributed by atoms with Gasteiger partial charge in [0.05, 0.1) is 5.69 Å². The number of nitrogens with zero attached hydrogens (tertiary/aromatic N) is 2. The average molecular weight is 345 g/mol. The zero-order chi connectivity index (χ0) is 17.1. The molecule has 0 saturated heterocycles. The molecule has 1 aromatic carbocycles. The number of aromatic nitrogens is 2. The Morgan fingerprint density at radius 3 is 2.88 bits per heavy atom. The molecule has 0 atom stereocenters. The van der Waals surface area contributed by atoms with E-state index < -0.39 is 0 Å². The largest absolute Gasteiger partial charge is 0.445 e. The number of imidazole rings is 1. The monoisotopic (exact) mass is 345 g/mol. The Morgan fingerprint density at radius 2 is 2.21 bits per heavy atom. The molecule has 124 valence electrons. The molecule has 1 amide bonds. The summed E-state index contributed by atoms with van der Waals surface area (Å²) in [6.45, 7) is 2.04. The lowest BCUT2D eigenvalue weighted by Crippen LogP contribution is -2.23. The lowest BCUT2D eigenvalue weighted by Gasteiger charge is -2.12. The minimum absolute atomic E-state index is 0.179. The molecule has 7 heteroatoms. The van der Waals surface area contributed by atoms with Crippen molar-refractivity contribution in [3.05, 3.63) is 65.7 Å². The number of aryl methyl sites for hydroxylation is 1. The van der Waals surface area contributed by atoms with Crippen LogP contribution in [0.25, 0.3) is 5.69 Å². The van der Waals surface area contributed by atoms with E-state index in [9.17, 15) is 9.18 Å². The summed E-state index contributed by atoms with van der Waals surface area (Å²) >= 11 is 1.42. The van der Waals surface area contributed by atoms with E-state index in [1.165, 1.54) is 23.9 Å². The minimum Gasteiger partial charge on any atom is -0.445 e. The fourth-order valence-corrected chi connectivity index (χ4v) is 2.75. The van der Waals surface area contributed by atoms with E-state index in [0.717, 1.165) is 11.5 Å². The maximum Gasteiger partial charge on any atom is 0.287 e. The molecule has 1 N–H and O–H groups in total. The zero-order valence-electron chi connectivity index (χ0n) is 13.2. The van der Waals surface area contributed by atoms with Gasteiger partial charge in [0.1, 0.15) is 11.6 Å². The second-order valence-electron chi connectivity index (χ2n) is 5.12. The van der Waals surface area contributed by atoms with Crippen molar-refractivity contribution >= 4 is 17.7 Å². The molecule has 3 aromatic rings. The second-order valence-corrected chi connectivity index (χ2v) is 5.93. The number of thioether (sulfide) groups is 1. The van der Waals surface area contributed by atoms with Crippen molar-refractivity contribution in [3.63, 3.8) is 0 Å². The van der Waals surface area contributed by atoms with Crippen LogP contribution in [0, 0.1) is 12.7 Å². The fourth-order valence-electron chi connectivity index (χ4n) is 2.38. The number of rotatable bonds is 5. The molecule has 24 heavy (non-hydrogen) atoms. The molecule has 0 radical (unpaired) electrons. The first-order chi connectivity index (χ1) is 11.6. The number of hydrogen-bond donors (Lipinski definition) is 1. The van der Waals surface area contributed by atoms with Crippen LogP contribution in [-0.4, -0.2) is 21.7 Å². The zero-order valence-corrected chi connectivity index (χ0v) is 14.1. The number of carbonyl (C=O) groups is 1. The van der Waals surface area contributed by atoms with Crippen molar-refractivity contribution < 1.29 is 13.6 Å². The lowest BCUT2D eigenvalue weighted by atomic mass is 10.1. The van der Waals surface area contributed by atoms with Crippen LogP contribution < -0.4 is 5.32 Å². The summed E-state index contributed by atoms with van der Waals surface area (Å²) < 4.78 is 20.9. The van der Waals surface area contributed by atoms with Crippen molar-refractivity contribution in [1.29, 1.82) is 0 Å². The van der Waals surface area contributed by atoms with E-state index in [0.29, 0.717) is 10.7 Å². The Hall–Kier alpha value is -2.54. The van der Waals surface area contributed by atoms with Crippen molar-refractivity contribution in [2.75, 3.05) is 6.26 Å². The molecule has 3 rings (SSSR count). The highest BCUT2D eigenvalue weighted by atomic mass is 32.2. The van der Waals surface area contributed by atoms with E-state index in [2.05, 4.69) is 10.3 Å². The maximum absolute atomic E-state index is 13.6. The summed E-state index contributed by atoms with van der Waals surface area (Å²) in [5, 5.41) is 3.43. The van der Waals surface area contributed by atoms with Crippen LogP contribution in [0.1, 0.15) is 21.9 Å². The fraction of sp³-hybridized carbons (Fsp3) is 0.176. The van der Waals surface area contributed by atoms with E-state index in [1.807, 2.05) is 17.7 Å². The normalized spacial score (nSPS) is 10.8. The topological polar surface area (TPSA) is 60.1 Å². The Bertz CT molecular complexity index is 872. The standard InChI is InChI=1S/C17H16FN3O2S/c1-11-19-7-8-21(11)14-4-3-13(18)9-12(14)10-20-17(22)15-5-6-16(23-15)24-2/h3-9H,10H2,1-2H3,(H,20,22). The minimum atomic E-state index is -0.358. The molecule has 0 aliphatic carbocycles. The van der Waals surface area contributed by atoms with Crippen LogP contribution >= 0.6 is 11.8 Å². The number of halogens is 1. The molecule has 2 heterocycles. The van der Waals surface area contributed by atoms with Gasteiger partial charge in [-0.15, -0.1) is 0 Å². The van der Waals surface area contributed by atoms with Crippen molar-refractivity contribution in [2.45, 2.75) is 18.6 Å². The predicted octanol–water partition coefficient (Wildman–Crippen LogP) is 3.56. The van der Waals surface area contributed by atoms with Gasteiger partial charge in [-0.3, -0.25) is 4.79 Å². The summed E-state index contributed by atoms with van der Waals surface area (Å²) in [6.07, 6.45) is 5.34. The smallest absolute Gasteiger partial charge is 0.287 e. The van der Waals surface area contributed by atoms with Crippen molar-refractivity contribution in [1.82, 2.24) is 14.9 Å². The highest BCUT2D eigenvalue weighted by Crippen LogP contribution is 2.20. The van der Waals surface area contributed by atoms with Crippen LogP contribution in [0.5, 0.6) is 0 Å². The molecule has 0 aliphatic heterocycles. The summed E-state index contributed by atoms with van der Waals surface area (Å²) in [7, 11) is 0. The van der Waals surface area contributed by atoms with E-state index in [-0.39, 0.29) is 24.0 Å². The Morgan fingerprint density at radius 1 is 1.38 bits per heavy atom. The number of benzene rings is 1. The van der Waals surface area contributed by atoms with Gasteiger partial charge >= 0.3 is 0 Å². The van der Waals surface area contributed by atoms with Crippen LogP contribution in [0.15, 0.2) is 52.2 Å². The van der Waals surface area contributed by atoms with Gasteiger partial charge in [0.25, 0.3) is 5.91 Å². The van der Waals surface area contributed by atoms with Gasteiger partial charge in [-0.25, -0.2) is 9.37 Å². The van der Waals surface area contributed by atoms with Gasteiger partial charge < -0.3 is 14.3 Å². The van der Waals surface area contributed by atoms with Gasteiger partial charge in [0, 0.05) is 18.9 Å². The molecule has 5 nitrogen and oxygen atoms in total. The molecule has 0 unspecified atom stereocenters. The first-order valence-electron chi connectivity index (χ1n) is 7.29. The average Bonchev–Trinajstić information content (AvgIpc) is 3.21. The maximum atomic E-state index is 13.6. The van der Waals surface area contributed by atoms with Gasteiger partial charge in [0.2, 0.25) is 0 Å². The molecular weight excluding hydrogens is 329 g/mol.